The fourth-order valence-electron chi connectivity index (χ4n) is 1.91. The van der Waals surface area contributed by atoms with Crippen LogP contribution >= 0.6 is 0 Å². The quantitative estimate of drug-likeness (QED) is 0.683. The smallest absolute Gasteiger partial charge is 0.138 e. The summed E-state index contributed by atoms with van der Waals surface area (Å²) in [7, 11) is 1.75. The van der Waals surface area contributed by atoms with Crippen molar-refractivity contribution in [1.29, 1.82) is 0 Å². The van der Waals surface area contributed by atoms with Crippen molar-refractivity contribution in [2.24, 2.45) is 0 Å². The molecule has 0 saturated heterocycles. The van der Waals surface area contributed by atoms with Crippen molar-refractivity contribution in [1.82, 2.24) is 9.97 Å². The van der Waals surface area contributed by atoms with Crippen LogP contribution in [0.4, 0.5) is 11.6 Å². The molecule has 0 aliphatic rings. The van der Waals surface area contributed by atoms with Gasteiger partial charge in [-0.15, -0.1) is 0 Å². The molecule has 0 aliphatic carbocycles. The molecule has 1 aromatic rings. The first-order chi connectivity index (χ1) is 9.97. The summed E-state index contributed by atoms with van der Waals surface area (Å²) < 4.78 is 5.05. The standard InChI is InChI=1S/C16H30N4O/c1-6-17-13-12-14(18-10-8-7-9-11-21-5)20-15(19-13)16(2,3)4/h12H,6-11H2,1-5H3,(H2,17,18,19,20). The third kappa shape index (κ3) is 6.76. The maximum atomic E-state index is 5.05. The van der Waals surface area contributed by atoms with Crippen molar-refractivity contribution in [3.05, 3.63) is 11.9 Å². The zero-order valence-corrected chi connectivity index (χ0v) is 14.1. The van der Waals surface area contributed by atoms with Gasteiger partial charge in [-0.3, -0.25) is 0 Å². The van der Waals surface area contributed by atoms with E-state index in [0.717, 1.165) is 56.4 Å². The van der Waals surface area contributed by atoms with Crippen molar-refractivity contribution in [3.8, 4) is 0 Å². The topological polar surface area (TPSA) is 59.1 Å². The second-order valence-electron chi connectivity index (χ2n) is 6.22. The maximum absolute atomic E-state index is 5.05. The van der Waals surface area contributed by atoms with Gasteiger partial charge in [-0.25, -0.2) is 9.97 Å². The van der Waals surface area contributed by atoms with Crippen LogP contribution in [-0.4, -0.2) is 36.8 Å². The lowest BCUT2D eigenvalue weighted by Gasteiger charge is -2.19. The SMILES string of the molecule is CCNc1cc(NCCCCCOC)nc(C(C)(C)C)n1. The van der Waals surface area contributed by atoms with Crippen LogP contribution in [0.3, 0.4) is 0 Å². The Balaban J connectivity index is 2.61. The molecule has 0 radical (unpaired) electrons. The predicted octanol–water partition coefficient (Wildman–Crippen LogP) is 3.43. The number of hydrogen-bond donors (Lipinski definition) is 2. The summed E-state index contributed by atoms with van der Waals surface area (Å²) in [6, 6.07) is 1.98. The van der Waals surface area contributed by atoms with Crippen LogP contribution in [0.15, 0.2) is 6.07 Å². The molecule has 0 atom stereocenters. The molecule has 21 heavy (non-hydrogen) atoms. The Kier molecular flexibility index (Phi) is 7.43. The number of nitrogens with zero attached hydrogens (tertiary/aromatic N) is 2. The molecule has 0 unspecified atom stereocenters. The van der Waals surface area contributed by atoms with E-state index in [1.807, 2.05) is 6.07 Å². The van der Waals surface area contributed by atoms with Gasteiger partial charge < -0.3 is 15.4 Å². The van der Waals surface area contributed by atoms with Crippen molar-refractivity contribution in [3.63, 3.8) is 0 Å². The maximum Gasteiger partial charge on any atom is 0.138 e. The molecule has 0 aromatic carbocycles. The van der Waals surface area contributed by atoms with E-state index in [2.05, 4.69) is 48.3 Å². The van der Waals surface area contributed by atoms with Crippen molar-refractivity contribution < 1.29 is 4.74 Å². The summed E-state index contributed by atoms with van der Waals surface area (Å²) >= 11 is 0. The number of unbranched alkanes of at least 4 members (excludes halogenated alkanes) is 2. The second-order valence-corrected chi connectivity index (χ2v) is 6.22. The van der Waals surface area contributed by atoms with Crippen molar-refractivity contribution in [2.75, 3.05) is 37.4 Å². The molecular formula is C16H30N4O. The van der Waals surface area contributed by atoms with E-state index >= 15 is 0 Å². The first-order valence-electron chi connectivity index (χ1n) is 7.83. The molecule has 1 heterocycles. The zero-order chi connectivity index (χ0) is 15.7. The molecule has 0 fully saturated rings. The summed E-state index contributed by atoms with van der Waals surface area (Å²) in [5, 5.41) is 6.67. The highest BCUT2D eigenvalue weighted by Crippen LogP contribution is 2.22. The monoisotopic (exact) mass is 294 g/mol. The number of methoxy groups -OCH3 is 1. The Labute approximate surface area is 128 Å². The van der Waals surface area contributed by atoms with Gasteiger partial charge in [0.05, 0.1) is 0 Å². The lowest BCUT2D eigenvalue weighted by atomic mass is 9.96. The number of nitrogens with one attached hydrogen (secondary N) is 2. The van der Waals surface area contributed by atoms with Crippen LogP contribution in [0.1, 0.15) is 52.8 Å². The van der Waals surface area contributed by atoms with E-state index in [1.54, 1.807) is 7.11 Å². The number of hydrogen-bond acceptors (Lipinski definition) is 5. The lowest BCUT2D eigenvalue weighted by molar-refractivity contribution is 0.192. The zero-order valence-electron chi connectivity index (χ0n) is 14.1. The molecule has 1 aromatic heterocycles. The molecule has 0 saturated carbocycles. The second kappa shape index (κ2) is 8.82. The molecule has 0 bridgehead atoms. The van der Waals surface area contributed by atoms with Crippen LogP contribution in [-0.2, 0) is 10.2 Å². The molecule has 5 nitrogen and oxygen atoms in total. The number of anilines is 2. The summed E-state index contributed by atoms with van der Waals surface area (Å²) in [4.78, 5) is 9.22. The molecule has 0 spiro atoms. The average molecular weight is 294 g/mol. The molecule has 0 amide bonds. The number of rotatable bonds is 9. The van der Waals surface area contributed by atoms with E-state index < -0.39 is 0 Å². The third-order valence-corrected chi connectivity index (χ3v) is 3.09. The van der Waals surface area contributed by atoms with E-state index in [9.17, 15) is 0 Å². The van der Waals surface area contributed by atoms with Crippen molar-refractivity contribution in [2.45, 2.75) is 52.4 Å². The Hall–Kier alpha value is -1.36. The van der Waals surface area contributed by atoms with Gasteiger partial charge in [-0.05, 0) is 26.2 Å². The average Bonchev–Trinajstić information content (AvgIpc) is 2.42. The first-order valence-corrected chi connectivity index (χ1v) is 7.83. The summed E-state index contributed by atoms with van der Waals surface area (Å²) in [6.07, 6.45) is 3.39. The summed E-state index contributed by atoms with van der Waals surface area (Å²) in [6.45, 7) is 11.1. The van der Waals surface area contributed by atoms with Crippen molar-refractivity contribution >= 4 is 11.6 Å². The summed E-state index contributed by atoms with van der Waals surface area (Å²) in [5.41, 5.74) is -0.0552. The van der Waals surface area contributed by atoms with E-state index in [0.29, 0.717) is 0 Å². The van der Waals surface area contributed by atoms with Crippen LogP contribution in [0.5, 0.6) is 0 Å². The lowest BCUT2D eigenvalue weighted by Crippen LogP contribution is -2.19. The molecule has 5 heteroatoms. The minimum absolute atomic E-state index is 0.0552. The fraction of sp³-hybridized carbons (Fsp3) is 0.750. The fourth-order valence-corrected chi connectivity index (χ4v) is 1.91. The van der Waals surface area contributed by atoms with Crippen LogP contribution < -0.4 is 10.6 Å². The number of ether oxygens (including phenoxy) is 1. The van der Waals surface area contributed by atoms with Gasteiger partial charge >= 0.3 is 0 Å². The molecular weight excluding hydrogens is 264 g/mol. The molecule has 0 aliphatic heterocycles. The highest BCUT2D eigenvalue weighted by molar-refractivity contribution is 5.48. The highest BCUT2D eigenvalue weighted by atomic mass is 16.5. The minimum Gasteiger partial charge on any atom is -0.385 e. The van der Waals surface area contributed by atoms with Gasteiger partial charge in [0, 0.05) is 38.3 Å². The molecule has 120 valence electrons. The van der Waals surface area contributed by atoms with E-state index in [4.69, 9.17) is 4.74 Å². The van der Waals surface area contributed by atoms with Gasteiger partial charge in [0.2, 0.25) is 0 Å². The Bertz CT molecular complexity index is 415. The Morgan fingerprint density at radius 3 is 2.29 bits per heavy atom. The van der Waals surface area contributed by atoms with Crippen LogP contribution in [0, 0.1) is 0 Å². The minimum atomic E-state index is -0.0552. The number of aromatic nitrogens is 2. The Morgan fingerprint density at radius 1 is 1.05 bits per heavy atom. The van der Waals surface area contributed by atoms with Crippen LogP contribution in [0.2, 0.25) is 0 Å². The third-order valence-electron chi connectivity index (χ3n) is 3.09. The largest absolute Gasteiger partial charge is 0.385 e. The van der Waals surface area contributed by atoms with Gasteiger partial charge in [0.25, 0.3) is 0 Å². The van der Waals surface area contributed by atoms with Gasteiger partial charge in [0.15, 0.2) is 0 Å². The van der Waals surface area contributed by atoms with Crippen LogP contribution in [0.25, 0.3) is 0 Å². The Morgan fingerprint density at radius 2 is 1.71 bits per heavy atom. The molecule has 2 N–H and O–H groups in total. The van der Waals surface area contributed by atoms with Gasteiger partial charge in [-0.1, -0.05) is 20.8 Å². The first kappa shape index (κ1) is 17.7. The van der Waals surface area contributed by atoms with Gasteiger partial charge in [-0.2, -0.15) is 0 Å². The van der Waals surface area contributed by atoms with E-state index in [1.165, 1.54) is 0 Å². The highest BCUT2D eigenvalue weighted by Gasteiger charge is 2.19. The molecule has 1 rings (SSSR count). The normalized spacial score (nSPS) is 11.5. The van der Waals surface area contributed by atoms with Gasteiger partial charge in [0.1, 0.15) is 17.5 Å². The predicted molar refractivity (Wildman–Crippen MR) is 89.1 cm³/mol. The van der Waals surface area contributed by atoms with E-state index in [-0.39, 0.29) is 5.41 Å². The summed E-state index contributed by atoms with van der Waals surface area (Å²) in [5.74, 6) is 2.65.